The molecule has 0 atom stereocenters. The van der Waals surface area contributed by atoms with Crippen molar-refractivity contribution in [1.82, 2.24) is 20.0 Å². The fourth-order valence-electron chi connectivity index (χ4n) is 3.36. The summed E-state index contributed by atoms with van der Waals surface area (Å²) in [5.41, 5.74) is 3.56. The van der Waals surface area contributed by atoms with Gasteiger partial charge in [-0.1, -0.05) is 24.6 Å². The van der Waals surface area contributed by atoms with Crippen LogP contribution in [0.3, 0.4) is 0 Å². The van der Waals surface area contributed by atoms with Crippen LogP contribution in [0.5, 0.6) is 0 Å². The zero-order valence-electron chi connectivity index (χ0n) is 16.3. The zero-order valence-corrected chi connectivity index (χ0v) is 16.3. The summed E-state index contributed by atoms with van der Waals surface area (Å²) in [7, 11) is 0. The highest BCUT2D eigenvalue weighted by Crippen LogP contribution is 2.24. The minimum Gasteiger partial charge on any atom is -0.416 e. The molecule has 3 aromatic rings. The maximum absolute atomic E-state index is 12.7. The molecule has 2 aromatic carbocycles. The van der Waals surface area contributed by atoms with E-state index in [2.05, 4.69) is 22.0 Å². The smallest absolute Gasteiger partial charge is 0.253 e. The molecule has 1 aliphatic rings. The first kappa shape index (κ1) is 18.4. The quantitative estimate of drug-likeness (QED) is 0.697. The minimum atomic E-state index is 0.0770. The summed E-state index contributed by atoms with van der Waals surface area (Å²) in [6.45, 7) is 8.64. The van der Waals surface area contributed by atoms with Crippen LogP contribution in [0.25, 0.3) is 22.9 Å². The van der Waals surface area contributed by atoms with Crippen LogP contribution in [0.15, 0.2) is 52.9 Å². The lowest BCUT2D eigenvalue weighted by molar-refractivity contribution is 0.0643. The van der Waals surface area contributed by atoms with Gasteiger partial charge in [-0.2, -0.15) is 0 Å². The molecule has 1 aromatic heterocycles. The van der Waals surface area contributed by atoms with Crippen molar-refractivity contribution >= 4 is 5.91 Å². The largest absolute Gasteiger partial charge is 0.416 e. The molecule has 144 valence electrons. The molecular formula is C22H24N4O2. The van der Waals surface area contributed by atoms with Crippen molar-refractivity contribution in [2.24, 2.45) is 0 Å². The van der Waals surface area contributed by atoms with Crippen LogP contribution >= 0.6 is 0 Å². The van der Waals surface area contributed by atoms with Crippen molar-refractivity contribution in [3.05, 3.63) is 59.7 Å². The number of hydrogen-bond acceptors (Lipinski definition) is 5. The topological polar surface area (TPSA) is 62.5 Å². The number of carbonyl (C=O) groups is 1. The highest BCUT2D eigenvalue weighted by molar-refractivity contribution is 5.94. The molecule has 0 radical (unpaired) electrons. The SMILES string of the molecule is CCN1CCN(C(=O)c2ccc(-c3nnc(-c4ccc(C)cc4)o3)cc2)CC1. The van der Waals surface area contributed by atoms with Crippen molar-refractivity contribution in [1.29, 1.82) is 0 Å². The molecule has 0 unspecified atom stereocenters. The van der Waals surface area contributed by atoms with Crippen molar-refractivity contribution < 1.29 is 9.21 Å². The molecule has 6 nitrogen and oxygen atoms in total. The predicted molar refractivity (Wildman–Crippen MR) is 108 cm³/mol. The zero-order chi connectivity index (χ0) is 19.5. The predicted octanol–water partition coefficient (Wildman–Crippen LogP) is 3.49. The summed E-state index contributed by atoms with van der Waals surface area (Å²) < 4.78 is 5.81. The van der Waals surface area contributed by atoms with Crippen LogP contribution in [0.1, 0.15) is 22.8 Å². The standard InChI is InChI=1S/C22H24N4O2/c1-3-25-12-14-26(15-13-25)22(27)19-10-8-18(9-11-19)21-24-23-20(28-21)17-6-4-16(2)5-7-17/h4-11H,3,12-15H2,1-2H3. The molecule has 1 amide bonds. The normalized spacial score (nSPS) is 15.0. The Labute approximate surface area is 164 Å². The van der Waals surface area contributed by atoms with E-state index in [0.29, 0.717) is 17.3 Å². The van der Waals surface area contributed by atoms with Crippen LogP contribution in [-0.2, 0) is 0 Å². The summed E-state index contributed by atoms with van der Waals surface area (Å²) in [6.07, 6.45) is 0. The third-order valence-electron chi connectivity index (χ3n) is 5.21. The Morgan fingerprint density at radius 1 is 0.893 bits per heavy atom. The summed E-state index contributed by atoms with van der Waals surface area (Å²) in [5, 5.41) is 8.29. The lowest BCUT2D eigenvalue weighted by atomic mass is 10.1. The Hall–Kier alpha value is -2.99. The second-order valence-electron chi connectivity index (χ2n) is 7.08. The van der Waals surface area contributed by atoms with Gasteiger partial charge in [0.05, 0.1) is 0 Å². The van der Waals surface area contributed by atoms with Crippen molar-refractivity contribution in [2.45, 2.75) is 13.8 Å². The molecule has 0 bridgehead atoms. The molecule has 28 heavy (non-hydrogen) atoms. The number of aryl methyl sites for hydroxylation is 1. The molecule has 0 spiro atoms. The fourth-order valence-corrected chi connectivity index (χ4v) is 3.36. The van der Waals surface area contributed by atoms with Gasteiger partial charge in [0.2, 0.25) is 11.8 Å². The van der Waals surface area contributed by atoms with Gasteiger partial charge in [0.15, 0.2) is 0 Å². The molecule has 0 N–H and O–H groups in total. The number of amides is 1. The average Bonchev–Trinajstić information content (AvgIpc) is 3.24. The molecule has 6 heteroatoms. The van der Waals surface area contributed by atoms with Crippen LogP contribution in [0.2, 0.25) is 0 Å². The average molecular weight is 376 g/mol. The second kappa shape index (κ2) is 7.94. The number of nitrogens with zero attached hydrogens (tertiary/aromatic N) is 4. The highest BCUT2D eigenvalue weighted by atomic mass is 16.4. The summed E-state index contributed by atoms with van der Waals surface area (Å²) in [5.74, 6) is 1.02. The Morgan fingerprint density at radius 2 is 1.43 bits per heavy atom. The van der Waals surface area contributed by atoms with Crippen LogP contribution in [0, 0.1) is 6.92 Å². The molecule has 0 saturated carbocycles. The van der Waals surface area contributed by atoms with E-state index in [1.165, 1.54) is 5.56 Å². The van der Waals surface area contributed by atoms with E-state index in [-0.39, 0.29) is 5.91 Å². The number of piperazine rings is 1. The van der Waals surface area contributed by atoms with E-state index in [9.17, 15) is 4.79 Å². The Balaban J connectivity index is 1.46. The highest BCUT2D eigenvalue weighted by Gasteiger charge is 2.21. The van der Waals surface area contributed by atoms with E-state index < -0.39 is 0 Å². The van der Waals surface area contributed by atoms with Gasteiger partial charge in [-0.15, -0.1) is 10.2 Å². The van der Waals surface area contributed by atoms with Crippen LogP contribution in [-0.4, -0.2) is 58.6 Å². The molecule has 2 heterocycles. The van der Waals surface area contributed by atoms with Crippen LogP contribution in [0.4, 0.5) is 0 Å². The monoisotopic (exact) mass is 376 g/mol. The molecule has 1 aliphatic heterocycles. The lowest BCUT2D eigenvalue weighted by Crippen LogP contribution is -2.48. The van der Waals surface area contributed by atoms with E-state index in [4.69, 9.17) is 4.42 Å². The first-order chi connectivity index (χ1) is 13.6. The molecule has 1 fully saturated rings. The van der Waals surface area contributed by atoms with Crippen molar-refractivity contribution in [3.63, 3.8) is 0 Å². The van der Waals surface area contributed by atoms with E-state index in [1.807, 2.05) is 60.4 Å². The first-order valence-electron chi connectivity index (χ1n) is 9.66. The van der Waals surface area contributed by atoms with E-state index >= 15 is 0 Å². The van der Waals surface area contributed by atoms with Gasteiger partial charge in [0.25, 0.3) is 5.91 Å². The lowest BCUT2D eigenvalue weighted by Gasteiger charge is -2.34. The van der Waals surface area contributed by atoms with Crippen molar-refractivity contribution in [3.8, 4) is 22.9 Å². The fraction of sp³-hybridized carbons (Fsp3) is 0.318. The van der Waals surface area contributed by atoms with Gasteiger partial charge in [0.1, 0.15) is 0 Å². The second-order valence-corrected chi connectivity index (χ2v) is 7.08. The minimum absolute atomic E-state index is 0.0770. The molecule has 0 aliphatic carbocycles. The van der Waals surface area contributed by atoms with Crippen molar-refractivity contribution in [2.75, 3.05) is 32.7 Å². The Kier molecular flexibility index (Phi) is 5.21. The van der Waals surface area contributed by atoms with Gasteiger partial charge in [-0.05, 0) is 49.9 Å². The third-order valence-corrected chi connectivity index (χ3v) is 5.21. The molecular weight excluding hydrogens is 352 g/mol. The van der Waals surface area contributed by atoms with Gasteiger partial charge >= 0.3 is 0 Å². The van der Waals surface area contributed by atoms with Gasteiger partial charge in [-0.3, -0.25) is 4.79 Å². The number of likely N-dealkylation sites (N-methyl/N-ethyl adjacent to an activating group) is 1. The summed E-state index contributed by atoms with van der Waals surface area (Å²) in [4.78, 5) is 17.0. The summed E-state index contributed by atoms with van der Waals surface area (Å²) >= 11 is 0. The van der Waals surface area contributed by atoms with Gasteiger partial charge in [0, 0.05) is 42.9 Å². The number of aromatic nitrogens is 2. The molecule has 1 saturated heterocycles. The van der Waals surface area contributed by atoms with Crippen LogP contribution < -0.4 is 0 Å². The first-order valence-corrected chi connectivity index (χ1v) is 9.66. The maximum atomic E-state index is 12.7. The Morgan fingerprint density at radius 3 is 1.96 bits per heavy atom. The number of carbonyl (C=O) groups excluding carboxylic acids is 1. The van der Waals surface area contributed by atoms with Gasteiger partial charge in [-0.25, -0.2) is 0 Å². The summed E-state index contributed by atoms with van der Waals surface area (Å²) in [6, 6.07) is 15.3. The molecule has 4 rings (SSSR count). The van der Waals surface area contributed by atoms with Gasteiger partial charge < -0.3 is 14.2 Å². The maximum Gasteiger partial charge on any atom is 0.253 e. The van der Waals surface area contributed by atoms with E-state index in [1.54, 1.807) is 0 Å². The Bertz CT molecular complexity index is 939. The number of benzene rings is 2. The number of hydrogen-bond donors (Lipinski definition) is 0. The number of rotatable bonds is 4. The van der Waals surface area contributed by atoms with E-state index in [0.717, 1.165) is 43.9 Å². The third kappa shape index (κ3) is 3.82.